The van der Waals surface area contributed by atoms with Crippen LogP contribution in [-0.4, -0.2) is 71.8 Å². The Hall–Kier alpha value is -0.650. The topological polar surface area (TPSA) is 53.0 Å². The lowest BCUT2D eigenvalue weighted by Gasteiger charge is -2.37. The molecule has 2 rings (SSSR count). The molecule has 1 atom stereocenters. The second kappa shape index (κ2) is 6.68. The Kier molecular flexibility index (Phi) is 5.19. The molecular formula is C14H26N2O3. The predicted molar refractivity (Wildman–Crippen MR) is 73.3 cm³/mol. The summed E-state index contributed by atoms with van der Waals surface area (Å²) in [7, 11) is 0. The number of nitrogens with zero attached hydrogens (tertiary/aromatic N) is 2. The second-order valence-electron chi connectivity index (χ2n) is 5.95. The Labute approximate surface area is 115 Å². The maximum Gasteiger partial charge on any atom is 0.304 e. The van der Waals surface area contributed by atoms with Crippen LogP contribution in [0.1, 0.15) is 33.1 Å². The Bertz CT molecular complexity index is 305. The monoisotopic (exact) mass is 270 g/mol. The molecular weight excluding hydrogens is 244 g/mol. The van der Waals surface area contributed by atoms with Crippen LogP contribution in [0.15, 0.2) is 0 Å². The molecule has 1 aliphatic carbocycles. The fourth-order valence-corrected chi connectivity index (χ4v) is 2.69. The lowest BCUT2D eigenvalue weighted by atomic mass is 10.2. The SMILES string of the molecule is CC(C)N1CCOC(CN(CCC(=O)O)C2CC2)C1. The van der Waals surface area contributed by atoms with Crippen molar-refractivity contribution >= 4 is 5.97 Å². The van der Waals surface area contributed by atoms with Gasteiger partial charge in [0.1, 0.15) is 0 Å². The lowest BCUT2D eigenvalue weighted by Crippen LogP contribution is -2.50. The zero-order valence-electron chi connectivity index (χ0n) is 12.0. The number of hydrogen-bond acceptors (Lipinski definition) is 4. The first-order valence-electron chi connectivity index (χ1n) is 7.37. The van der Waals surface area contributed by atoms with E-state index in [1.54, 1.807) is 0 Å². The highest BCUT2D eigenvalue weighted by molar-refractivity contribution is 5.66. The number of aliphatic carboxylic acids is 1. The fourth-order valence-electron chi connectivity index (χ4n) is 2.69. The summed E-state index contributed by atoms with van der Waals surface area (Å²) < 4.78 is 5.84. The van der Waals surface area contributed by atoms with Crippen LogP contribution in [0.25, 0.3) is 0 Å². The van der Waals surface area contributed by atoms with Crippen LogP contribution in [0.5, 0.6) is 0 Å². The lowest BCUT2D eigenvalue weighted by molar-refractivity contribution is -0.137. The quantitative estimate of drug-likeness (QED) is 0.749. The van der Waals surface area contributed by atoms with E-state index in [0.29, 0.717) is 18.6 Å². The van der Waals surface area contributed by atoms with E-state index in [0.717, 1.165) is 26.2 Å². The van der Waals surface area contributed by atoms with Gasteiger partial charge in [-0.05, 0) is 26.7 Å². The Morgan fingerprint density at radius 1 is 1.47 bits per heavy atom. The van der Waals surface area contributed by atoms with Crippen molar-refractivity contribution in [3.63, 3.8) is 0 Å². The minimum atomic E-state index is -0.709. The summed E-state index contributed by atoms with van der Waals surface area (Å²) in [6, 6.07) is 1.15. The van der Waals surface area contributed by atoms with Gasteiger partial charge in [-0.15, -0.1) is 0 Å². The van der Waals surface area contributed by atoms with E-state index in [4.69, 9.17) is 9.84 Å². The predicted octanol–water partition coefficient (Wildman–Crippen LogP) is 1.03. The Morgan fingerprint density at radius 2 is 2.21 bits per heavy atom. The molecule has 19 heavy (non-hydrogen) atoms. The number of morpholine rings is 1. The van der Waals surface area contributed by atoms with Gasteiger partial charge in [0.15, 0.2) is 0 Å². The zero-order valence-corrected chi connectivity index (χ0v) is 12.0. The van der Waals surface area contributed by atoms with Gasteiger partial charge in [-0.25, -0.2) is 0 Å². The highest BCUT2D eigenvalue weighted by Crippen LogP contribution is 2.27. The van der Waals surface area contributed by atoms with E-state index in [2.05, 4.69) is 23.6 Å². The van der Waals surface area contributed by atoms with Gasteiger partial charge in [0.2, 0.25) is 0 Å². The Morgan fingerprint density at radius 3 is 2.79 bits per heavy atom. The number of ether oxygens (including phenoxy) is 1. The van der Waals surface area contributed by atoms with E-state index in [1.165, 1.54) is 12.8 Å². The third-order valence-corrected chi connectivity index (χ3v) is 4.01. The van der Waals surface area contributed by atoms with Gasteiger partial charge < -0.3 is 9.84 Å². The first-order valence-corrected chi connectivity index (χ1v) is 7.37. The third-order valence-electron chi connectivity index (χ3n) is 4.01. The molecule has 110 valence electrons. The Balaban J connectivity index is 1.81. The van der Waals surface area contributed by atoms with Gasteiger partial charge >= 0.3 is 5.97 Å². The van der Waals surface area contributed by atoms with Crippen LogP contribution in [-0.2, 0) is 9.53 Å². The molecule has 0 aromatic rings. The van der Waals surface area contributed by atoms with E-state index in [9.17, 15) is 4.79 Å². The minimum Gasteiger partial charge on any atom is -0.481 e. The maximum atomic E-state index is 10.7. The van der Waals surface area contributed by atoms with Gasteiger partial charge in [0.05, 0.1) is 19.1 Å². The number of rotatable bonds is 7. The first kappa shape index (κ1) is 14.8. The molecule has 0 spiro atoms. The van der Waals surface area contributed by atoms with Gasteiger partial charge in [0.25, 0.3) is 0 Å². The summed E-state index contributed by atoms with van der Waals surface area (Å²) in [5.74, 6) is -0.709. The summed E-state index contributed by atoms with van der Waals surface area (Å²) in [5, 5.41) is 8.82. The molecule has 1 saturated carbocycles. The summed E-state index contributed by atoms with van der Waals surface area (Å²) in [6.45, 7) is 8.72. The summed E-state index contributed by atoms with van der Waals surface area (Å²) in [5.41, 5.74) is 0. The molecule has 2 fully saturated rings. The molecule has 1 aliphatic heterocycles. The van der Waals surface area contributed by atoms with Gasteiger partial charge in [0, 0.05) is 38.3 Å². The average Bonchev–Trinajstić information content (AvgIpc) is 3.18. The van der Waals surface area contributed by atoms with E-state index >= 15 is 0 Å². The molecule has 5 nitrogen and oxygen atoms in total. The normalized spacial score (nSPS) is 25.2. The number of hydrogen-bond donors (Lipinski definition) is 1. The molecule has 1 N–H and O–H groups in total. The summed E-state index contributed by atoms with van der Waals surface area (Å²) in [6.07, 6.45) is 2.88. The summed E-state index contributed by atoms with van der Waals surface area (Å²) >= 11 is 0. The van der Waals surface area contributed by atoms with Crippen LogP contribution >= 0.6 is 0 Å². The zero-order chi connectivity index (χ0) is 13.8. The van der Waals surface area contributed by atoms with Gasteiger partial charge in [-0.2, -0.15) is 0 Å². The molecule has 1 heterocycles. The van der Waals surface area contributed by atoms with Crippen molar-refractivity contribution in [2.75, 3.05) is 32.8 Å². The molecule has 0 aromatic heterocycles. The van der Waals surface area contributed by atoms with Gasteiger partial charge in [-0.3, -0.25) is 14.6 Å². The van der Waals surface area contributed by atoms with Crippen molar-refractivity contribution in [2.45, 2.75) is 51.3 Å². The minimum absolute atomic E-state index is 0.227. The molecule has 0 amide bonds. The van der Waals surface area contributed by atoms with Gasteiger partial charge in [-0.1, -0.05) is 0 Å². The molecule has 1 unspecified atom stereocenters. The second-order valence-corrected chi connectivity index (χ2v) is 5.95. The third kappa shape index (κ3) is 4.75. The van der Waals surface area contributed by atoms with Crippen molar-refractivity contribution in [1.29, 1.82) is 0 Å². The molecule has 2 aliphatic rings. The number of carboxylic acid groups (broad SMARTS) is 1. The van der Waals surface area contributed by atoms with E-state index < -0.39 is 5.97 Å². The van der Waals surface area contributed by atoms with Crippen LogP contribution in [0.4, 0.5) is 0 Å². The largest absolute Gasteiger partial charge is 0.481 e. The average molecular weight is 270 g/mol. The van der Waals surface area contributed by atoms with Crippen molar-refractivity contribution in [2.24, 2.45) is 0 Å². The smallest absolute Gasteiger partial charge is 0.304 e. The number of carbonyl (C=O) groups is 1. The molecule has 0 radical (unpaired) electrons. The van der Waals surface area contributed by atoms with Crippen molar-refractivity contribution in [3.05, 3.63) is 0 Å². The van der Waals surface area contributed by atoms with Crippen LogP contribution < -0.4 is 0 Å². The van der Waals surface area contributed by atoms with Crippen molar-refractivity contribution in [1.82, 2.24) is 9.80 Å². The van der Waals surface area contributed by atoms with Crippen LogP contribution in [0.2, 0.25) is 0 Å². The fraction of sp³-hybridized carbons (Fsp3) is 0.929. The first-order chi connectivity index (χ1) is 9.06. The van der Waals surface area contributed by atoms with Crippen molar-refractivity contribution < 1.29 is 14.6 Å². The van der Waals surface area contributed by atoms with E-state index in [-0.39, 0.29) is 12.5 Å². The van der Waals surface area contributed by atoms with Crippen LogP contribution in [0, 0.1) is 0 Å². The molecule has 0 bridgehead atoms. The summed E-state index contributed by atoms with van der Waals surface area (Å²) in [4.78, 5) is 15.5. The van der Waals surface area contributed by atoms with Crippen molar-refractivity contribution in [3.8, 4) is 0 Å². The van der Waals surface area contributed by atoms with Crippen LogP contribution in [0.3, 0.4) is 0 Å². The highest BCUT2D eigenvalue weighted by Gasteiger charge is 2.32. The molecule has 5 heteroatoms. The number of carboxylic acids is 1. The van der Waals surface area contributed by atoms with E-state index in [1.807, 2.05) is 0 Å². The maximum absolute atomic E-state index is 10.7. The highest BCUT2D eigenvalue weighted by atomic mass is 16.5. The molecule has 0 aromatic carbocycles. The molecule has 1 saturated heterocycles. The standard InChI is InChI=1S/C14H26N2O3/c1-11(2)15-7-8-19-13(9-15)10-16(12-3-4-12)6-5-14(17)18/h11-13H,3-10H2,1-2H3,(H,17,18).